The summed E-state index contributed by atoms with van der Waals surface area (Å²) in [5, 5.41) is 10.1. The van der Waals surface area contributed by atoms with Crippen LogP contribution in [0.5, 0.6) is 0 Å². The summed E-state index contributed by atoms with van der Waals surface area (Å²) in [7, 11) is 1.63. The van der Waals surface area contributed by atoms with Crippen LogP contribution in [0.15, 0.2) is 34.2 Å². The lowest BCUT2D eigenvalue weighted by Crippen LogP contribution is -2.36. The summed E-state index contributed by atoms with van der Waals surface area (Å²) >= 11 is 1.62. The summed E-state index contributed by atoms with van der Waals surface area (Å²) in [6.45, 7) is -1.78. The van der Waals surface area contributed by atoms with Gasteiger partial charge >= 0.3 is 6.55 Å². The van der Waals surface area contributed by atoms with Crippen LogP contribution in [-0.2, 0) is 13.1 Å². The fourth-order valence-electron chi connectivity index (χ4n) is 1.62. The third-order valence-electron chi connectivity index (χ3n) is 2.64. The van der Waals surface area contributed by atoms with Gasteiger partial charge in [-0.3, -0.25) is 9.56 Å². The molecule has 2 aromatic rings. The molecule has 5 nitrogen and oxygen atoms in total. The summed E-state index contributed by atoms with van der Waals surface area (Å²) < 4.78 is 26.1. The van der Waals surface area contributed by atoms with Gasteiger partial charge in [-0.05, 0) is 22.4 Å². The number of hydrogen-bond donors (Lipinski definition) is 2. The lowest BCUT2D eigenvalue weighted by atomic mass is 10.3. The van der Waals surface area contributed by atoms with Gasteiger partial charge in [0.1, 0.15) is 5.82 Å². The standard InChI is InChI=1S/C12H15F2N5S/c1-15-12(17-6-9-2-5-20-8-9)18-7-10-16-3-4-19(10)11(13)14/h2-5,8,11H,6-7H2,1H3,(H2,15,17,18). The summed E-state index contributed by atoms with van der Waals surface area (Å²) in [4.78, 5) is 7.93. The summed E-state index contributed by atoms with van der Waals surface area (Å²) in [5.41, 5.74) is 1.15. The number of nitrogens with one attached hydrogen (secondary N) is 2. The Morgan fingerprint density at radius 2 is 2.25 bits per heavy atom. The Labute approximate surface area is 119 Å². The van der Waals surface area contributed by atoms with Crippen LogP contribution in [0.1, 0.15) is 17.9 Å². The highest BCUT2D eigenvalue weighted by Gasteiger charge is 2.11. The third kappa shape index (κ3) is 3.77. The minimum absolute atomic E-state index is 0.181. The highest BCUT2D eigenvalue weighted by atomic mass is 32.1. The topological polar surface area (TPSA) is 54.2 Å². The Hall–Kier alpha value is -1.96. The molecule has 0 saturated heterocycles. The molecule has 0 aliphatic carbocycles. The maximum atomic E-state index is 12.7. The van der Waals surface area contributed by atoms with Gasteiger partial charge in [0.25, 0.3) is 0 Å². The maximum absolute atomic E-state index is 12.7. The number of thiophene rings is 1. The van der Waals surface area contributed by atoms with E-state index in [0.29, 0.717) is 12.5 Å². The van der Waals surface area contributed by atoms with E-state index in [9.17, 15) is 8.78 Å². The van der Waals surface area contributed by atoms with Crippen molar-refractivity contribution in [2.75, 3.05) is 7.05 Å². The number of rotatable bonds is 5. The molecule has 0 radical (unpaired) electrons. The third-order valence-corrected chi connectivity index (χ3v) is 3.37. The predicted molar refractivity (Wildman–Crippen MR) is 74.8 cm³/mol. The van der Waals surface area contributed by atoms with Gasteiger partial charge in [0.15, 0.2) is 5.96 Å². The molecule has 0 atom stereocenters. The van der Waals surface area contributed by atoms with E-state index in [4.69, 9.17) is 0 Å². The quantitative estimate of drug-likeness (QED) is 0.657. The van der Waals surface area contributed by atoms with Crippen molar-refractivity contribution in [1.29, 1.82) is 0 Å². The van der Waals surface area contributed by atoms with Crippen molar-refractivity contribution in [3.63, 3.8) is 0 Å². The minimum atomic E-state index is -2.59. The average molecular weight is 299 g/mol. The lowest BCUT2D eigenvalue weighted by Gasteiger charge is -2.12. The smallest absolute Gasteiger partial charge is 0.319 e. The Morgan fingerprint density at radius 1 is 1.45 bits per heavy atom. The van der Waals surface area contributed by atoms with Gasteiger partial charge in [0.05, 0.1) is 6.54 Å². The second kappa shape index (κ2) is 6.99. The largest absolute Gasteiger partial charge is 0.352 e. The maximum Gasteiger partial charge on any atom is 0.319 e. The zero-order chi connectivity index (χ0) is 14.4. The zero-order valence-corrected chi connectivity index (χ0v) is 11.7. The van der Waals surface area contributed by atoms with Crippen LogP contribution in [0, 0.1) is 0 Å². The molecule has 2 aromatic heterocycles. The van der Waals surface area contributed by atoms with Crippen molar-refractivity contribution in [1.82, 2.24) is 20.2 Å². The number of aliphatic imine (C=N–C) groups is 1. The number of nitrogens with zero attached hydrogens (tertiary/aromatic N) is 3. The second-order valence-electron chi connectivity index (χ2n) is 3.94. The molecule has 0 spiro atoms. The molecular formula is C12H15F2N5S. The van der Waals surface area contributed by atoms with Gasteiger partial charge in [0, 0.05) is 26.0 Å². The van der Waals surface area contributed by atoms with Crippen molar-refractivity contribution in [2.24, 2.45) is 4.99 Å². The van der Waals surface area contributed by atoms with E-state index in [2.05, 4.69) is 20.6 Å². The Morgan fingerprint density at radius 3 is 2.90 bits per heavy atom. The van der Waals surface area contributed by atoms with Gasteiger partial charge < -0.3 is 10.6 Å². The highest BCUT2D eigenvalue weighted by Crippen LogP contribution is 2.11. The first-order valence-electron chi connectivity index (χ1n) is 5.96. The molecule has 20 heavy (non-hydrogen) atoms. The molecule has 0 aliphatic heterocycles. The van der Waals surface area contributed by atoms with Crippen LogP contribution >= 0.6 is 11.3 Å². The van der Waals surface area contributed by atoms with E-state index in [1.165, 1.54) is 12.4 Å². The summed E-state index contributed by atoms with van der Waals surface area (Å²) in [6, 6.07) is 2.01. The first kappa shape index (κ1) is 14.4. The lowest BCUT2D eigenvalue weighted by molar-refractivity contribution is 0.0668. The van der Waals surface area contributed by atoms with Gasteiger partial charge in [-0.15, -0.1) is 0 Å². The van der Waals surface area contributed by atoms with Crippen LogP contribution in [0.2, 0.25) is 0 Å². The molecular weight excluding hydrogens is 284 g/mol. The molecule has 0 aliphatic rings. The van der Waals surface area contributed by atoms with Crippen molar-refractivity contribution in [3.8, 4) is 0 Å². The van der Waals surface area contributed by atoms with Crippen LogP contribution in [0.25, 0.3) is 0 Å². The van der Waals surface area contributed by atoms with Crippen LogP contribution in [0.3, 0.4) is 0 Å². The number of aromatic nitrogens is 2. The number of guanidine groups is 1. The molecule has 2 heterocycles. The van der Waals surface area contributed by atoms with Crippen molar-refractivity contribution in [2.45, 2.75) is 19.6 Å². The predicted octanol–water partition coefficient (Wildman–Crippen LogP) is 2.20. The van der Waals surface area contributed by atoms with E-state index in [1.807, 2.05) is 16.8 Å². The van der Waals surface area contributed by atoms with Crippen molar-refractivity contribution in [3.05, 3.63) is 40.6 Å². The van der Waals surface area contributed by atoms with Crippen molar-refractivity contribution < 1.29 is 8.78 Å². The van der Waals surface area contributed by atoms with Gasteiger partial charge in [-0.2, -0.15) is 20.1 Å². The number of halogens is 2. The first-order valence-corrected chi connectivity index (χ1v) is 6.90. The van der Waals surface area contributed by atoms with E-state index in [1.54, 1.807) is 18.4 Å². The van der Waals surface area contributed by atoms with Crippen molar-refractivity contribution >= 4 is 17.3 Å². The second-order valence-corrected chi connectivity index (χ2v) is 4.72. The van der Waals surface area contributed by atoms with Gasteiger partial charge in [-0.25, -0.2) is 4.98 Å². The van der Waals surface area contributed by atoms with E-state index in [-0.39, 0.29) is 12.4 Å². The molecule has 0 unspecified atom stereocenters. The van der Waals surface area contributed by atoms with E-state index >= 15 is 0 Å². The van der Waals surface area contributed by atoms with E-state index < -0.39 is 6.55 Å². The SMILES string of the molecule is CN=C(NCc1ccsc1)NCc1nccn1C(F)F. The summed E-state index contributed by atoms with van der Waals surface area (Å²) in [6.07, 6.45) is 2.61. The first-order chi connectivity index (χ1) is 9.70. The van der Waals surface area contributed by atoms with Gasteiger partial charge in [-0.1, -0.05) is 0 Å². The molecule has 0 bridgehead atoms. The average Bonchev–Trinajstić information content (AvgIpc) is 3.09. The molecule has 0 amide bonds. The highest BCUT2D eigenvalue weighted by molar-refractivity contribution is 7.07. The molecule has 0 aromatic carbocycles. The molecule has 2 rings (SSSR count). The number of imidazole rings is 1. The monoisotopic (exact) mass is 299 g/mol. The molecule has 8 heteroatoms. The van der Waals surface area contributed by atoms with Crippen LogP contribution in [0.4, 0.5) is 8.78 Å². The number of hydrogen-bond acceptors (Lipinski definition) is 3. The van der Waals surface area contributed by atoms with Gasteiger partial charge in [0.2, 0.25) is 0 Å². The normalized spacial score (nSPS) is 11.9. The fourth-order valence-corrected chi connectivity index (χ4v) is 2.29. The van der Waals surface area contributed by atoms with Crippen LogP contribution < -0.4 is 10.6 Å². The fraction of sp³-hybridized carbons (Fsp3) is 0.333. The number of alkyl halides is 2. The molecule has 108 valence electrons. The molecule has 2 N–H and O–H groups in total. The zero-order valence-electron chi connectivity index (χ0n) is 10.9. The Balaban J connectivity index is 1.86. The Bertz CT molecular complexity index is 550. The Kier molecular flexibility index (Phi) is 5.05. The van der Waals surface area contributed by atoms with Crippen LogP contribution in [-0.4, -0.2) is 22.6 Å². The minimum Gasteiger partial charge on any atom is -0.352 e. The molecule has 0 saturated carbocycles. The summed E-state index contributed by atoms with van der Waals surface area (Å²) in [5.74, 6) is 0.804. The molecule has 0 fully saturated rings. The van der Waals surface area contributed by atoms with E-state index in [0.717, 1.165) is 10.1 Å².